The largest absolute Gasteiger partial charge is 0.360 e. The van der Waals surface area contributed by atoms with Gasteiger partial charge < -0.3 is 10.1 Å². The summed E-state index contributed by atoms with van der Waals surface area (Å²) < 4.78 is 57.9. The molecule has 0 fully saturated rings. The van der Waals surface area contributed by atoms with E-state index in [0.717, 1.165) is 0 Å². The zero-order valence-electron chi connectivity index (χ0n) is 12.6. The van der Waals surface area contributed by atoms with Crippen LogP contribution >= 0.6 is 0 Å². The van der Waals surface area contributed by atoms with Crippen LogP contribution in [0.3, 0.4) is 0 Å². The van der Waals surface area contributed by atoms with Crippen molar-refractivity contribution in [2.24, 2.45) is 0 Å². The van der Waals surface area contributed by atoms with Crippen molar-refractivity contribution in [3.05, 3.63) is 29.8 Å². The third-order valence-electron chi connectivity index (χ3n) is 2.92. The van der Waals surface area contributed by atoms with Gasteiger partial charge in [-0.2, -0.15) is 10.2 Å². The summed E-state index contributed by atoms with van der Waals surface area (Å²) in [5.41, 5.74) is -1.23. The van der Waals surface area contributed by atoms with E-state index in [4.69, 9.17) is 4.74 Å². The number of hydrogen-bond acceptors (Lipinski definition) is 4. The van der Waals surface area contributed by atoms with Gasteiger partial charge in [0.25, 0.3) is 12.9 Å². The predicted molar refractivity (Wildman–Crippen MR) is 74.6 cm³/mol. The Morgan fingerprint density at radius 2 is 2.08 bits per heavy atom. The van der Waals surface area contributed by atoms with Gasteiger partial charge in [0.05, 0.1) is 18.1 Å². The monoisotopic (exact) mass is 349 g/mol. The van der Waals surface area contributed by atoms with Gasteiger partial charge in [0.15, 0.2) is 0 Å². The number of hydrogen-bond donors (Lipinski definition) is 1. The highest BCUT2D eigenvalue weighted by molar-refractivity contribution is 5.90. The van der Waals surface area contributed by atoms with Gasteiger partial charge in [0.2, 0.25) is 5.91 Å². The third kappa shape index (κ3) is 4.54. The number of carbonyl (C=O) groups is 1. The fourth-order valence-corrected chi connectivity index (χ4v) is 1.88. The maximum Gasteiger partial charge on any atom is 0.282 e. The highest BCUT2D eigenvalue weighted by atomic mass is 19.3. The lowest BCUT2D eigenvalue weighted by molar-refractivity contribution is -0.117. The van der Waals surface area contributed by atoms with Crippen LogP contribution in [0.1, 0.15) is 31.2 Å². The van der Waals surface area contributed by atoms with E-state index in [2.05, 4.69) is 15.5 Å². The second-order valence-corrected chi connectivity index (χ2v) is 4.69. The number of ether oxygens (including phenoxy) is 1. The number of nitrogens with one attached hydrogen (secondary N) is 1. The molecular formula is C13H15F4N5O2. The standard InChI is InChI=1S/C13H15F4N5O2/c1-2-24-7-21-5-8(4-18-21)19-11(23)6-22-10(13(16)17)3-9(20-22)12(14)15/h3-5,12-13H,2,6-7H2,1H3,(H,19,23). The van der Waals surface area contributed by atoms with Crippen molar-refractivity contribution in [1.82, 2.24) is 19.6 Å². The average molecular weight is 349 g/mol. The molecule has 2 rings (SSSR count). The van der Waals surface area contributed by atoms with Gasteiger partial charge in [-0.05, 0) is 13.0 Å². The molecule has 0 aliphatic carbocycles. The Morgan fingerprint density at radius 3 is 2.71 bits per heavy atom. The van der Waals surface area contributed by atoms with E-state index in [-0.39, 0.29) is 6.73 Å². The first-order valence-electron chi connectivity index (χ1n) is 6.94. The molecule has 7 nitrogen and oxygen atoms in total. The van der Waals surface area contributed by atoms with E-state index >= 15 is 0 Å². The quantitative estimate of drug-likeness (QED) is 0.744. The number of alkyl halides is 4. The maximum atomic E-state index is 12.8. The van der Waals surface area contributed by atoms with Gasteiger partial charge in [-0.3, -0.25) is 9.48 Å². The van der Waals surface area contributed by atoms with Crippen LogP contribution in [0.15, 0.2) is 18.5 Å². The number of halogens is 4. The summed E-state index contributed by atoms with van der Waals surface area (Å²) in [4.78, 5) is 11.9. The molecule has 11 heteroatoms. The molecule has 1 N–H and O–H groups in total. The van der Waals surface area contributed by atoms with Crippen molar-refractivity contribution < 1.29 is 27.1 Å². The molecule has 0 saturated carbocycles. The minimum atomic E-state index is -3.02. The summed E-state index contributed by atoms with van der Waals surface area (Å²) in [5.74, 6) is -0.697. The first kappa shape index (κ1) is 17.9. The van der Waals surface area contributed by atoms with Gasteiger partial charge in [-0.25, -0.2) is 22.2 Å². The molecule has 0 bridgehead atoms. The molecular weight excluding hydrogens is 334 g/mol. The van der Waals surface area contributed by atoms with E-state index in [1.807, 2.05) is 6.92 Å². The lowest BCUT2D eigenvalue weighted by Gasteiger charge is -2.06. The first-order chi connectivity index (χ1) is 11.4. The molecule has 0 aliphatic rings. The number of rotatable bonds is 8. The fraction of sp³-hybridized carbons (Fsp3) is 0.462. The summed E-state index contributed by atoms with van der Waals surface area (Å²) in [6, 6.07) is 0.586. The predicted octanol–water partition coefficient (Wildman–Crippen LogP) is 2.59. The molecule has 2 heterocycles. The lowest BCUT2D eigenvalue weighted by atomic mass is 10.3. The zero-order valence-corrected chi connectivity index (χ0v) is 12.6. The highest BCUT2D eigenvalue weighted by Gasteiger charge is 2.22. The SMILES string of the molecule is CCOCn1cc(NC(=O)Cn2nc(C(F)F)cc2C(F)F)cn1. The van der Waals surface area contributed by atoms with Crippen molar-refractivity contribution >= 4 is 11.6 Å². The maximum absolute atomic E-state index is 12.8. The Hall–Kier alpha value is -2.43. The second-order valence-electron chi connectivity index (χ2n) is 4.69. The second kappa shape index (κ2) is 7.90. The Kier molecular flexibility index (Phi) is 5.90. The van der Waals surface area contributed by atoms with E-state index in [1.54, 1.807) is 0 Å². The van der Waals surface area contributed by atoms with E-state index < -0.39 is 36.7 Å². The summed E-state index contributed by atoms with van der Waals surface area (Å²) in [6.45, 7) is 1.87. The Morgan fingerprint density at radius 1 is 1.33 bits per heavy atom. The number of aromatic nitrogens is 4. The Balaban J connectivity index is 2.02. The molecule has 0 aliphatic heterocycles. The minimum Gasteiger partial charge on any atom is -0.360 e. The van der Waals surface area contributed by atoms with Crippen LogP contribution in [0.2, 0.25) is 0 Å². The first-order valence-corrected chi connectivity index (χ1v) is 6.94. The van der Waals surface area contributed by atoms with Gasteiger partial charge in [-0.1, -0.05) is 0 Å². The number of carbonyl (C=O) groups excluding carboxylic acids is 1. The number of amides is 1. The van der Waals surface area contributed by atoms with Gasteiger partial charge >= 0.3 is 0 Å². The summed E-state index contributed by atoms with van der Waals surface area (Å²) in [5, 5.41) is 9.69. The molecule has 0 aromatic carbocycles. The molecule has 132 valence electrons. The smallest absolute Gasteiger partial charge is 0.282 e. The summed E-state index contributed by atoms with van der Waals surface area (Å²) in [7, 11) is 0. The Bertz CT molecular complexity index is 686. The molecule has 2 aromatic rings. The molecule has 0 unspecified atom stereocenters. The minimum absolute atomic E-state index is 0.193. The van der Waals surface area contributed by atoms with Crippen LogP contribution in [0.4, 0.5) is 23.2 Å². The summed E-state index contributed by atoms with van der Waals surface area (Å²) >= 11 is 0. The average Bonchev–Trinajstić information content (AvgIpc) is 3.12. The molecule has 1 amide bonds. The van der Waals surface area contributed by atoms with Gasteiger partial charge in [0.1, 0.15) is 24.7 Å². The van der Waals surface area contributed by atoms with Crippen molar-refractivity contribution in [3.63, 3.8) is 0 Å². The molecule has 0 spiro atoms. The normalized spacial score (nSPS) is 11.5. The number of nitrogens with zero attached hydrogens (tertiary/aromatic N) is 4. The zero-order chi connectivity index (χ0) is 17.7. The van der Waals surface area contributed by atoms with Crippen molar-refractivity contribution in [2.75, 3.05) is 11.9 Å². The van der Waals surface area contributed by atoms with E-state index in [9.17, 15) is 22.4 Å². The Labute approximate surface area is 134 Å². The van der Waals surface area contributed by atoms with Crippen molar-refractivity contribution in [1.29, 1.82) is 0 Å². The molecule has 2 aromatic heterocycles. The molecule has 0 radical (unpaired) electrons. The van der Waals surface area contributed by atoms with Crippen molar-refractivity contribution in [3.8, 4) is 0 Å². The van der Waals surface area contributed by atoms with Crippen LogP contribution in [0, 0.1) is 0 Å². The third-order valence-corrected chi connectivity index (χ3v) is 2.92. The van der Waals surface area contributed by atoms with E-state index in [0.29, 0.717) is 23.0 Å². The van der Waals surface area contributed by atoms with Crippen LogP contribution in [0.5, 0.6) is 0 Å². The van der Waals surface area contributed by atoms with Crippen molar-refractivity contribution in [2.45, 2.75) is 33.1 Å². The topological polar surface area (TPSA) is 74.0 Å². The van der Waals surface area contributed by atoms with Gasteiger partial charge in [-0.15, -0.1) is 0 Å². The molecule has 24 heavy (non-hydrogen) atoms. The fourth-order valence-electron chi connectivity index (χ4n) is 1.88. The van der Waals surface area contributed by atoms with Crippen LogP contribution in [-0.2, 0) is 22.8 Å². The van der Waals surface area contributed by atoms with E-state index in [1.165, 1.54) is 17.1 Å². The van der Waals surface area contributed by atoms with Gasteiger partial charge in [0, 0.05) is 6.61 Å². The molecule has 0 saturated heterocycles. The highest BCUT2D eigenvalue weighted by Crippen LogP contribution is 2.25. The summed E-state index contributed by atoms with van der Waals surface area (Å²) in [6.07, 6.45) is -3.19. The van der Waals surface area contributed by atoms with Crippen LogP contribution < -0.4 is 5.32 Å². The molecule has 0 atom stereocenters. The number of anilines is 1. The van der Waals surface area contributed by atoms with Crippen LogP contribution in [-0.4, -0.2) is 32.1 Å². The lowest BCUT2D eigenvalue weighted by Crippen LogP contribution is -2.21. The van der Waals surface area contributed by atoms with Crippen LogP contribution in [0.25, 0.3) is 0 Å².